The van der Waals surface area contributed by atoms with Crippen LogP contribution in [0.25, 0.3) is 21.9 Å². The number of fused-ring (bicyclic) bond motifs is 1. The topological polar surface area (TPSA) is 90.0 Å². The number of benzene rings is 5. The van der Waals surface area contributed by atoms with Gasteiger partial charge < -0.3 is 9.80 Å². The van der Waals surface area contributed by atoms with Crippen LogP contribution < -0.4 is 14.5 Å². The molecule has 2 amide bonds. The fraction of sp³-hybridized carbons (Fsp3) is 0.211. The van der Waals surface area contributed by atoms with Crippen molar-refractivity contribution in [1.29, 1.82) is 0 Å². The Kier molecular flexibility index (Phi) is 10.4. The molecular formula is C38H34ClF3N4O4S. The second-order valence-corrected chi connectivity index (χ2v) is 14.2. The SMILES string of the molecule is CCN(C(=O)C(F)(F)F)c1cccc2c(S(=O)(=O)NC(=O)c3ccc(N4CCN(Cc5ccccc5-c5ccc(Cl)cc5)CC4)cc3)cccc12. The highest BCUT2D eigenvalue weighted by Crippen LogP contribution is 2.34. The van der Waals surface area contributed by atoms with Gasteiger partial charge in [-0.05, 0) is 72.1 Å². The summed E-state index contributed by atoms with van der Waals surface area (Å²) in [4.78, 5) is 30.1. The summed E-state index contributed by atoms with van der Waals surface area (Å²) in [6, 6.07) is 30.9. The third kappa shape index (κ3) is 7.88. The van der Waals surface area contributed by atoms with Crippen molar-refractivity contribution in [3.05, 3.63) is 125 Å². The lowest BCUT2D eigenvalue weighted by Crippen LogP contribution is -2.46. The Morgan fingerprint density at radius 1 is 0.804 bits per heavy atom. The zero-order valence-corrected chi connectivity index (χ0v) is 29.1. The lowest BCUT2D eigenvalue weighted by atomic mass is 9.99. The van der Waals surface area contributed by atoms with Crippen LogP contribution in [-0.4, -0.2) is 64.0 Å². The van der Waals surface area contributed by atoms with Crippen LogP contribution in [0.5, 0.6) is 0 Å². The highest BCUT2D eigenvalue weighted by atomic mass is 35.5. The van der Waals surface area contributed by atoms with Crippen molar-refractivity contribution in [2.75, 3.05) is 42.5 Å². The van der Waals surface area contributed by atoms with Gasteiger partial charge in [-0.25, -0.2) is 13.1 Å². The molecule has 0 aliphatic carbocycles. The average Bonchev–Trinajstić information content (AvgIpc) is 3.12. The van der Waals surface area contributed by atoms with Gasteiger partial charge in [-0.3, -0.25) is 14.5 Å². The molecule has 0 bridgehead atoms. The quantitative estimate of drug-likeness (QED) is 0.169. The summed E-state index contributed by atoms with van der Waals surface area (Å²) in [5.41, 5.74) is 4.41. The van der Waals surface area contributed by atoms with Gasteiger partial charge in [-0.2, -0.15) is 13.2 Å². The maximum Gasteiger partial charge on any atom is 0.471 e. The molecule has 5 aromatic rings. The molecule has 0 unspecified atom stereocenters. The van der Waals surface area contributed by atoms with Gasteiger partial charge in [0, 0.05) is 66.3 Å². The Balaban J connectivity index is 1.11. The van der Waals surface area contributed by atoms with Gasteiger partial charge in [0.25, 0.3) is 15.9 Å². The molecule has 1 aliphatic heterocycles. The summed E-state index contributed by atoms with van der Waals surface area (Å²) in [6.45, 7) is 5.05. The lowest BCUT2D eigenvalue weighted by Gasteiger charge is -2.36. The molecule has 0 spiro atoms. The minimum Gasteiger partial charge on any atom is -0.369 e. The molecule has 0 saturated carbocycles. The molecule has 0 aromatic heterocycles. The molecule has 51 heavy (non-hydrogen) atoms. The molecular weight excluding hydrogens is 701 g/mol. The second kappa shape index (κ2) is 14.7. The molecule has 8 nitrogen and oxygen atoms in total. The van der Waals surface area contributed by atoms with E-state index in [0.29, 0.717) is 9.92 Å². The molecule has 1 heterocycles. The van der Waals surface area contributed by atoms with Crippen molar-refractivity contribution in [1.82, 2.24) is 9.62 Å². The standard InChI is InChI=1S/C38H34ClF3N4O4S/c1-2-46(37(48)38(40,41)42)34-11-5-10-33-32(34)9-6-12-35(33)51(49,50)43-36(47)27-15-19-30(20-16-27)45-23-21-44(22-24-45)25-28-7-3-4-8-31(28)26-13-17-29(39)18-14-26/h3-20H,2,21-25H2,1H3,(H,43,47). The van der Waals surface area contributed by atoms with Gasteiger partial charge in [-0.15, -0.1) is 0 Å². The second-order valence-electron chi connectivity index (χ2n) is 12.1. The van der Waals surface area contributed by atoms with Gasteiger partial charge in [0.15, 0.2) is 0 Å². The Labute approximate surface area is 299 Å². The summed E-state index contributed by atoms with van der Waals surface area (Å²) >= 11 is 6.09. The van der Waals surface area contributed by atoms with E-state index in [1.165, 1.54) is 54.4 Å². The number of carbonyl (C=O) groups excluding carboxylic acids is 2. The number of alkyl halides is 3. The number of anilines is 2. The average molecular weight is 735 g/mol. The first kappa shape index (κ1) is 35.9. The van der Waals surface area contributed by atoms with Gasteiger partial charge in [-0.1, -0.05) is 72.3 Å². The molecule has 1 fully saturated rings. The zero-order chi connectivity index (χ0) is 36.3. The van der Waals surface area contributed by atoms with E-state index in [2.05, 4.69) is 26.7 Å². The van der Waals surface area contributed by atoms with Crippen LogP contribution in [0.1, 0.15) is 22.8 Å². The monoisotopic (exact) mass is 734 g/mol. The lowest BCUT2D eigenvalue weighted by molar-refractivity contribution is -0.170. The largest absolute Gasteiger partial charge is 0.471 e. The van der Waals surface area contributed by atoms with Crippen molar-refractivity contribution in [3.8, 4) is 11.1 Å². The van der Waals surface area contributed by atoms with Crippen LogP contribution in [0.15, 0.2) is 114 Å². The van der Waals surface area contributed by atoms with Crippen LogP contribution in [0.2, 0.25) is 5.02 Å². The molecule has 5 aromatic carbocycles. The molecule has 0 atom stereocenters. The Morgan fingerprint density at radius 2 is 1.45 bits per heavy atom. The fourth-order valence-electron chi connectivity index (χ4n) is 6.34. The normalized spacial score (nSPS) is 14.0. The Hall–Kier alpha value is -4.91. The number of hydrogen-bond acceptors (Lipinski definition) is 6. The highest BCUT2D eigenvalue weighted by molar-refractivity contribution is 7.90. The van der Waals surface area contributed by atoms with E-state index in [4.69, 9.17) is 11.6 Å². The first-order valence-corrected chi connectivity index (χ1v) is 18.1. The van der Waals surface area contributed by atoms with Crippen molar-refractivity contribution in [3.63, 3.8) is 0 Å². The molecule has 264 valence electrons. The molecule has 6 rings (SSSR count). The van der Waals surface area contributed by atoms with E-state index in [1.54, 1.807) is 24.3 Å². The van der Waals surface area contributed by atoms with Gasteiger partial charge >= 0.3 is 12.1 Å². The number of piperazine rings is 1. The number of nitrogens with one attached hydrogen (secondary N) is 1. The summed E-state index contributed by atoms with van der Waals surface area (Å²) in [6.07, 6.45) is -5.12. The van der Waals surface area contributed by atoms with E-state index in [9.17, 15) is 31.2 Å². The number of nitrogens with zero attached hydrogens (tertiary/aromatic N) is 3. The van der Waals surface area contributed by atoms with E-state index in [1.807, 2.05) is 36.4 Å². The summed E-state index contributed by atoms with van der Waals surface area (Å²) in [5, 5.41) is 0.868. The summed E-state index contributed by atoms with van der Waals surface area (Å²) in [5.74, 6) is -2.93. The number of sulfonamides is 1. The van der Waals surface area contributed by atoms with E-state index in [-0.39, 0.29) is 33.5 Å². The van der Waals surface area contributed by atoms with E-state index in [0.717, 1.165) is 44.0 Å². The minimum absolute atomic E-state index is 0.0617. The predicted octanol–water partition coefficient (Wildman–Crippen LogP) is 7.52. The van der Waals surface area contributed by atoms with Gasteiger partial charge in [0.1, 0.15) is 0 Å². The van der Waals surface area contributed by atoms with Crippen molar-refractivity contribution in [2.24, 2.45) is 0 Å². The molecule has 1 N–H and O–H groups in total. The Morgan fingerprint density at radius 3 is 2.12 bits per heavy atom. The molecule has 1 aliphatic rings. The zero-order valence-electron chi connectivity index (χ0n) is 27.5. The first-order valence-electron chi connectivity index (χ1n) is 16.2. The predicted molar refractivity (Wildman–Crippen MR) is 194 cm³/mol. The van der Waals surface area contributed by atoms with Crippen LogP contribution in [0, 0.1) is 0 Å². The first-order chi connectivity index (χ1) is 24.4. The maximum atomic E-state index is 13.5. The third-order valence-corrected chi connectivity index (χ3v) is 10.5. The van der Waals surface area contributed by atoms with E-state index >= 15 is 0 Å². The maximum absolute atomic E-state index is 13.5. The number of carbonyl (C=O) groups is 2. The fourth-order valence-corrected chi connectivity index (χ4v) is 7.67. The van der Waals surface area contributed by atoms with Crippen LogP contribution in [-0.2, 0) is 21.4 Å². The Bertz CT molecular complexity index is 2170. The van der Waals surface area contributed by atoms with Crippen LogP contribution in [0.3, 0.4) is 0 Å². The molecule has 1 saturated heterocycles. The van der Waals surface area contributed by atoms with Crippen molar-refractivity contribution >= 4 is 55.6 Å². The third-order valence-electron chi connectivity index (χ3n) is 8.90. The van der Waals surface area contributed by atoms with Crippen molar-refractivity contribution in [2.45, 2.75) is 24.5 Å². The number of rotatable bonds is 9. The molecule has 13 heteroatoms. The van der Waals surface area contributed by atoms with Gasteiger partial charge in [0.2, 0.25) is 0 Å². The van der Waals surface area contributed by atoms with Gasteiger partial charge in [0.05, 0.1) is 10.6 Å². The van der Waals surface area contributed by atoms with Crippen LogP contribution >= 0.6 is 11.6 Å². The number of amides is 2. The number of hydrogen-bond donors (Lipinski definition) is 1. The number of halogens is 4. The van der Waals surface area contributed by atoms with Crippen LogP contribution in [0.4, 0.5) is 24.5 Å². The highest BCUT2D eigenvalue weighted by Gasteiger charge is 2.43. The van der Waals surface area contributed by atoms with E-state index < -0.39 is 28.0 Å². The summed E-state index contributed by atoms with van der Waals surface area (Å²) in [7, 11) is -4.46. The smallest absolute Gasteiger partial charge is 0.369 e. The van der Waals surface area contributed by atoms with Crippen molar-refractivity contribution < 1.29 is 31.2 Å². The summed E-state index contributed by atoms with van der Waals surface area (Å²) < 4.78 is 68.9. The minimum atomic E-state index is -5.12. The molecule has 0 radical (unpaired) electrons.